The summed E-state index contributed by atoms with van der Waals surface area (Å²) in [5.41, 5.74) is 0.381. The van der Waals surface area contributed by atoms with Crippen molar-refractivity contribution in [3.8, 4) is 5.75 Å². The Kier molecular flexibility index (Phi) is 4.47. The standard InChI is InChI=1S/C15H19NO5/c1-9(2)21-12-5-3-10(4-6-12)14(18)16-8-11(17)7-13(16)15(19)20/h3-6,9,11,13,17H,7-8H2,1-2H3,(H,19,20). The highest BCUT2D eigenvalue weighted by atomic mass is 16.5. The molecule has 1 aromatic rings. The smallest absolute Gasteiger partial charge is 0.326 e. The lowest BCUT2D eigenvalue weighted by Crippen LogP contribution is -2.40. The molecule has 0 saturated carbocycles. The second-order valence-corrected chi connectivity index (χ2v) is 5.39. The molecular formula is C15H19NO5. The van der Waals surface area contributed by atoms with Gasteiger partial charge in [-0.05, 0) is 38.1 Å². The summed E-state index contributed by atoms with van der Waals surface area (Å²) in [5.74, 6) is -0.840. The van der Waals surface area contributed by atoms with Gasteiger partial charge in [-0.2, -0.15) is 0 Å². The highest BCUT2D eigenvalue weighted by Gasteiger charge is 2.39. The summed E-state index contributed by atoms with van der Waals surface area (Å²) < 4.78 is 5.49. The molecule has 0 radical (unpaired) electrons. The van der Waals surface area contributed by atoms with E-state index in [1.54, 1.807) is 24.3 Å². The van der Waals surface area contributed by atoms with Gasteiger partial charge in [-0.3, -0.25) is 4.79 Å². The zero-order valence-corrected chi connectivity index (χ0v) is 12.0. The number of hydrogen-bond donors (Lipinski definition) is 2. The van der Waals surface area contributed by atoms with Crippen molar-refractivity contribution >= 4 is 11.9 Å². The number of ether oxygens (including phenoxy) is 1. The van der Waals surface area contributed by atoms with E-state index >= 15 is 0 Å². The van der Waals surface area contributed by atoms with Gasteiger partial charge in [0.05, 0.1) is 12.2 Å². The number of β-amino-alcohol motifs (C(OH)–C–C–N with tert-alkyl or cyclic N) is 1. The van der Waals surface area contributed by atoms with Crippen LogP contribution in [0.2, 0.25) is 0 Å². The van der Waals surface area contributed by atoms with E-state index in [0.29, 0.717) is 11.3 Å². The maximum absolute atomic E-state index is 12.4. The number of carboxylic acids is 1. The van der Waals surface area contributed by atoms with E-state index in [4.69, 9.17) is 9.84 Å². The van der Waals surface area contributed by atoms with Crippen LogP contribution in [0, 0.1) is 0 Å². The fourth-order valence-electron chi connectivity index (χ4n) is 2.39. The molecule has 1 fully saturated rings. The van der Waals surface area contributed by atoms with Crippen molar-refractivity contribution in [1.29, 1.82) is 0 Å². The minimum absolute atomic E-state index is 0.0386. The van der Waals surface area contributed by atoms with Crippen LogP contribution in [-0.4, -0.2) is 51.8 Å². The molecule has 1 saturated heterocycles. The molecule has 1 heterocycles. The number of likely N-dealkylation sites (tertiary alicyclic amines) is 1. The number of aliphatic hydroxyl groups excluding tert-OH is 1. The first-order chi connectivity index (χ1) is 9.88. The highest BCUT2D eigenvalue weighted by molar-refractivity contribution is 5.97. The predicted molar refractivity (Wildman–Crippen MR) is 75.3 cm³/mol. The molecule has 0 aliphatic carbocycles. The number of nitrogens with zero attached hydrogens (tertiary/aromatic N) is 1. The number of carbonyl (C=O) groups excluding carboxylic acids is 1. The number of carboxylic acid groups (broad SMARTS) is 1. The van der Waals surface area contributed by atoms with Crippen molar-refractivity contribution in [1.82, 2.24) is 4.90 Å². The maximum atomic E-state index is 12.4. The van der Waals surface area contributed by atoms with Crippen molar-refractivity contribution in [2.45, 2.75) is 38.5 Å². The van der Waals surface area contributed by atoms with Crippen LogP contribution in [0.3, 0.4) is 0 Å². The third-order valence-corrected chi connectivity index (χ3v) is 3.30. The fourth-order valence-corrected chi connectivity index (χ4v) is 2.39. The van der Waals surface area contributed by atoms with E-state index in [2.05, 4.69) is 0 Å². The fraction of sp³-hybridized carbons (Fsp3) is 0.467. The Morgan fingerprint density at radius 1 is 1.29 bits per heavy atom. The number of rotatable bonds is 4. The van der Waals surface area contributed by atoms with Crippen molar-refractivity contribution in [2.24, 2.45) is 0 Å². The average Bonchev–Trinajstić information content (AvgIpc) is 2.80. The third-order valence-electron chi connectivity index (χ3n) is 3.30. The van der Waals surface area contributed by atoms with Gasteiger partial charge in [0.15, 0.2) is 0 Å². The molecule has 21 heavy (non-hydrogen) atoms. The van der Waals surface area contributed by atoms with Crippen LogP contribution in [0.4, 0.5) is 0 Å². The Morgan fingerprint density at radius 3 is 2.43 bits per heavy atom. The minimum atomic E-state index is -1.10. The quantitative estimate of drug-likeness (QED) is 0.869. The van der Waals surface area contributed by atoms with Gasteiger partial charge in [-0.1, -0.05) is 0 Å². The van der Waals surface area contributed by atoms with Crippen molar-refractivity contribution in [2.75, 3.05) is 6.54 Å². The second kappa shape index (κ2) is 6.13. The average molecular weight is 293 g/mol. The van der Waals surface area contributed by atoms with E-state index in [0.717, 1.165) is 0 Å². The highest BCUT2D eigenvalue weighted by Crippen LogP contribution is 2.22. The van der Waals surface area contributed by atoms with Crippen molar-refractivity contribution in [3.63, 3.8) is 0 Å². The molecule has 114 valence electrons. The minimum Gasteiger partial charge on any atom is -0.491 e. The lowest BCUT2D eigenvalue weighted by molar-refractivity contribution is -0.141. The van der Waals surface area contributed by atoms with E-state index in [-0.39, 0.29) is 19.1 Å². The number of aliphatic hydroxyl groups is 1. The first kappa shape index (κ1) is 15.3. The molecule has 6 heteroatoms. The molecule has 2 N–H and O–H groups in total. The largest absolute Gasteiger partial charge is 0.491 e. The molecule has 2 rings (SSSR count). The van der Waals surface area contributed by atoms with Gasteiger partial charge in [0, 0.05) is 18.5 Å². The van der Waals surface area contributed by atoms with Crippen LogP contribution < -0.4 is 4.74 Å². The number of carbonyl (C=O) groups is 2. The van der Waals surface area contributed by atoms with Crippen LogP contribution in [0.15, 0.2) is 24.3 Å². The first-order valence-electron chi connectivity index (χ1n) is 6.87. The zero-order valence-electron chi connectivity index (χ0n) is 12.0. The molecule has 0 spiro atoms. The topological polar surface area (TPSA) is 87.1 Å². The van der Waals surface area contributed by atoms with Gasteiger partial charge in [0.2, 0.25) is 0 Å². The SMILES string of the molecule is CC(C)Oc1ccc(C(=O)N2CC(O)CC2C(=O)O)cc1. The molecule has 2 unspecified atom stereocenters. The summed E-state index contributed by atoms with van der Waals surface area (Å²) in [6.07, 6.45) is -0.689. The van der Waals surface area contributed by atoms with Crippen LogP contribution >= 0.6 is 0 Å². The third kappa shape index (κ3) is 3.52. The summed E-state index contributed by atoms with van der Waals surface area (Å²) in [7, 11) is 0. The van der Waals surface area contributed by atoms with Gasteiger partial charge in [0.1, 0.15) is 11.8 Å². The molecular weight excluding hydrogens is 274 g/mol. The Hall–Kier alpha value is -2.08. The number of hydrogen-bond acceptors (Lipinski definition) is 4. The summed E-state index contributed by atoms with van der Waals surface area (Å²) in [6, 6.07) is 5.58. The van der Waals surface area contributed by atoms with E-state index < -0.39 is 24.0 Å². The maximum Gasteiger partial charge on any atom is 0.326 e. The van der Waals surface area contributed by atoms with Gasteiger partial charge < -0.3 is 19.8 Å². The molecule has 0 bridgehead atoms. The monoisotopic (exact) mass is 293 g/mol. The van der Waals surface area contributed by atoms with E-state index in [1.807, 2.05) is 13.8 Å². The van der Waals surface area contributed by atoms with Gasteiger partial charge in [-0.15, -0.1) is 0 Å². The summed E-state index contributed by atoms with van der Waals surface area (Å²) >= 11 is 0. The Labute approximate surface area is 122 Å². The molecule has 0 aromatic heterocycles. The molecule has 1 aliphatic heterocycles. The Balaban J connectivity index is 2.14. The molecule has 1 aromatic carbocycles. The van der Waals surface area contributed by atoms with E-state index in [1.165, 1.54) is 4.90 Å². The lowest BCUT2D eigenvalue weighted by atomic mass is 10.1. The molecule has 2 atom stereocenters. The van der Waals surface area contributed by atoms with Gasteiger partial charge in [0.25, 0.3) is 5.91 Å². The van der Waals surface area contributed by atoms with Crippen molar-refractivity contribution < 1.29 is 24.5 Å². The van der Waals surface area contributed by atoms with Gasteiger partial charge in [-0.25, -0.2) is 4.79 Å². The zero-order chi connectivity index (χ0) is 15.6. The molecule has 1 aliphatic rings. The number of aliphatic carboxylic acids is 1. The van der Waals surface area contributed by atoms with Crippen LogP contribution in [0.25, 0.3) is 0 Å². The molecule has 6 nitrogen and oxygen atoms in total. The van der Waals surface area contributed by atoms with Crippen molar-refractivity contribution in [3.05, 3.63) is 29.8 Å². The lowest BCUT2D eigenvalue weighted by Gasteiger charge is -2.21. The van der Waals surface area contributed by atoms with Crippen LogP contribution in [0.1, 0.15) is 30.6 Å². The summed E-state index contributed by atoms with van der Waals surface area (Å²) in [5, 5.41) is 18.7. The number of benzene rings is 1. The van der Waals surface area contributed by atoms with E-state index in [9.17, 15) is 14.7 Å². The predicted octanol–water partition coefficient (Wildman–Crippen LogP) is 1.13. The summed E-state index contributed by atoms with van der Waals surface area (Å²) in [6.45, 7) is 3.85. The molecule has 1 amide bonds. The summed E-state index contributed by atoms with van der Waals surface area (Å²) in [4.78, 5) is 24.7. The Morgan fingerprint density at radius 2 is 1.90 bits per heavy atom. The second-order valence-electron chi connectivity index (χ2n) is 5.39. The normalized spacial score (nSPS) is 21.6. The first-order valence-corrected chi connectivity index (χ1v) is 6.87. The number of amides is 1. The van der Waals surface area contributed by atoms with Crippen LogP contribution in [-0.2, 0) is 4.79 Å². The van der Waals surface area contributed by atoms with Crippen LogP contribution in [0.5, 0.6) is 5.75 Å². The van der Waals surface area contributed by atoms with Gasteiger partial charge >= 0.3 is 5.97 Å². The Bertz CT molecular complexity index is 525.